The monoisotopic (exact) mass is 690 g/mol. The molecule has 11 rings (SSSR count). The minimum atomic E-state index is -0.0646. The van der Waals surface area contributed by atoms with E-state index in [2.05, 4.69) is 80.6 Å². The Bertz CT molecular complexity index is 1390. The summed E-state index contributed by atoms with van der Waals surface area (Å²) in [4.78, 5) is 0. The maximum absolute atomic E-state index is 2.85. The van der Waals surface area contributed by atoms with E-state index in [0.717, 1.165) is 35.5 Å². The van der Waals surface area contributed by atoms with Crippen molar-refractivity contribution in [2.24, 2.45) is 35.5 Å². The number of hydrogen-bond donors (Lipinski definition) is 0. The second-order valence-corrected chi connectivity index (χ2v) is 24.3. The molecule has 8 bridgehead atoms. The summed E-state index contributed by atoms with van der Waals surface area (Å²) >= 11 is 0. The minimum absolute atomic E-state index is 0.0219. The highest BCUT2D eigenvalue weighted by Crippen LogP contribution is 2.79. The van der Waals surface area contributed by atoms with Crippen LogP contribution in [0.5, 0.6) is 0 Å². The third-order valence-corrected chi connectivity index (χ3v) is 21.9. The summed E-state index contributed by atoms with van der Waals surface area (Å²) in [5.74, 6) is 6.81. The predicted octanol–water partition coefficient (Wildman–Crippen LogP) is 13.7. The molecular weight excluding hydrogens is 626 g/mol. The van der Waals surface area contributed by atoms with Crippen LogP contribution in [-0.2, 0) is 0 Å². The van der Waals surface area contributed by atoms with Gasteiger partial charge in [0.05, 0.1) is 0 Å². The molecule has 0 aliphatic heterocycles. The Kier molecular flexibility index (Phi) is 9.58. The Hall–Kier alpha value is -1.22. The first-order valence-corrected chi connectivity index (χ1v) is 24.5. The molecule has 0 heterocycles. The Labute approximate surface area is 302 Å². The van der Waals surface area contributed by atoms with E-state index in [0.29, 0.717) is 16.2 Å². The molecule has 0 N–H and O–H groups in total. The second-order valence-electron chi connectivity index (χ2n) is 18.7. The van der Waals surface area contributed by atoms with Crippen molar-refractivity contribution in [3.63, 3.8) is 0 Å². The number of hydrogen-bond acceptors (Lipinski definition) is 0. The summed E-state index contributed by atoms with van der Waals surface area (Å²) in [5.41, 5.74) is 8.42. The lowest BCUT2D eigenvalue weighted by atomic mass is 9.55. The third-order valence-electron chi connectivity index (χ3n) is 15.2. The highest BCUT2D eigenvalue weighted by molar-refractivity contribution is 7.61. The van der Waals surface area contributed by atoms with Crippen LogP contribution in [0.2, 0.25) is 0 Å². The lowest BCUT2D eigenvalue weighted by Crippen LogP contribution is -2.57. The molecule has 262 valence electrons. The van der Waals surface area contributed by atoms with Crippen LogP contribution in [0.4, 0.5) is 0 Å². The molecule has 9 aliphatic carbocycles. The number of allylic oxidation sites excluding steroid dienone is 4. The molecule has 2 aromatic rings. The maximum atomic E-state index is 2.85. The lowest BCUT2D eigenvalue weighted by molar-refractivity contribution is 0.0187. The number of benzene rings is 2. The Morgan fingerprint density at radius 3 is 1.47 bits per heavy atom. The molecule has 49 heavy (non-hydrogen) atoms. The molecular formula is C47H64P2. The maximum Gasteiger partial charge on any atom is 0.0314 e. The summed E-state index contributed by atoms with van der Waals surface area (Å²) < 4.78 is 0. The van der Waals surface area contributed by atoms with E-state index in [9.17, 15) is 0 Å². The first kappa shape index (κ1) is 33.6. The van der Waals surface area contributed by atoms with Gasteiger partial charge in [0, 0.05) is 5.92 Å². The van der Waals surface area contributed by atoms with E-state index in [1.165, 1.54) is 55.9 Å². The largest absolute Gasteiger partial charge is 0.103 e. The van der Waals surface area contributed by atoms with Gasteiger partial charge in [0.15, 0.2) is 0 Å². The van der Waals surface area contributed by atoms with Gasteiger partial charge >= 0.3 is 0 Å². The zero-order valence-electron chi connectivity index (χ0n) is 30.9. The topological polar surface area (TPSA) is 0 Å². The summed E-state index contributed by atoms with van der Waals surface area (Å²) in [6.45, 7) is 4.83. The molecule has 1 unspecified atom stereocenters. The lowest BCUT2D eigenvalue weighted by Gasteiger charge is -2.67. The fourth-order valence-corrected chi connectivity index (χ4v) is 22.2. The number of unbranched alkanes of at least 4 members (excludes halogenated alkanes) is 2. The molecule has 0 spiro atoms. The van der Waals surface area contributed by atoms with Crippen LogP contribution in [0.1, 0.15) is 134 Å². The number of rotatable bonds is 14. The molecule has 1 atom stereocenters. The molecule has 8 saturated carbocycles. The Morgan fingerprint density at radius 2 is 1.02 bits per heavy atom. The van der Waals surface area contributed by atoms with Crippen molar-refractivity contribution >= 4 is 21.4 Å². The molecule has 0 aromatic heterocycles. The average molecular weight is 691 g/mol. The van der Waals surface area contributed by atoms with Gasteiger partial charge in [0.25, 0.3) is 0 Å². The summed E-state index contributed by atoms with van der Waals surface area (Å²) in [6.07, 6.45) is 33.4. The van der Waals surface area contributed by atoms with Gasteiger partial charge < -0.3 is 0 Å². The van der Waals surface area contributed by atoms with Crippen molar-refractivity contribution < 1.29 is 0 Å². The second kappa shape index (κ2) is 14.0. The fraction of sp³-hybridized carbons (Fsp3) is 0.660. The van der Waals surface area contributed by atoms with Crippen LogP contribution in [0.3, 0.4) is 0 Å². The van der Waals surface area contributed by atoms with E-state index in [4.69, 9.17) is 0 Å². The van der Waals surface area contributed by atoms with Gasteiger partial charge in [0.2, 0.25) is 0 Å². The first-order chi connectivity index (χ1) is 24.0. The quantitative estimate of drug-likeness (QED) is 0.173. The van der Waals surface area contributed by atoms with Crippen molar-refractivity contribution in [2.45, 2.75) is 133 Å². The van der Waals surface area contributed by atoms with E-state index in [-0.39, 0.29) is 15.8 Å². The third kappa shape index (κ3) is 6.43. The van der Waals surface area contributed by atoms with Crippen molar-refractivity contribution in [3.8, 4) is 0 Å². The van der Waals surface area contributed by atoms with E-state index >= 15 is 0 Å². The van der Waals surface area contributed by atoms with Crippen LogP contribution in [0, 0.1) is 35.5 Å². The van der Waals surface area contributed by atoms with Gasteiger partial charge in [-0.1, -0.05) is 107 Å². The molecule has 0 saturated heterocycles. The zero-order chi connectivity index (χ0) is 33.0. The van der Waals surface area contributed by atoms with E-state index in [1.54, 1.807) is 88.2 Å². The molecule has 0 nitrogen and oxygen atoms in total. The van der Waals surface area contributed by atoms with Gasteiger partial charge in [-0.05, 0) is 183 Å². The van der Waals surface area contributed by atoms with Crippen molar-refractivity contribution in [1.29, 1.82) is 0 Å². The fourth-order valence-electron chi connectivity index (χ4n) is 14.1. The predicted molar refractivity (Wildman–Crippen MR) is 216 cm³/mol. The van der Waals surface area contributed by atoms with Gasteiger partial charge in [0.1, 0.15) is 0 Å². The van der Waals surface area contributed by atoms with Crippen molar-refractivity contribution in [3.05, 3.63) is 89.0 Å². The highest BCUT2D eigenvalue weighted by Gasteiger charge is 2.62. The Balaban J connectivity index is 1.18. The van der Waals surface area contributed by atoms with Gasteiger partial charge in [-0.25, -0.2) is 0 Å². The van der Waals surface area contributed by atoms with Crippen LogP contribution < -0.4 is 0 Å². The molecule has 8 fully saturated rings. The van der Waals surface area contributed by atoms with Crippen LogP contribution >= 0.6 is 15.8 Å². The normalized spacial score (nSPS) is 37.8. The Morgan fingerprint density at radius 1 is 0.571 bits per heavy atom. The molecule has 0 radical (unpaired) electrons. The van der Waals surface area contributed by atoms with Crippen LogP contribution in [0.25, 0.3) is 5.57 Å². The van der Waals surface area contributed by atoms with Crippen molar-refractivity contribution in [2.75, 3.05) is 24.6 Å². The SMILES string of the molecule is CCCCP(CCCC)CC1=C(CP(C23CC4CC(CC(C4)C2)C3)C23CC4CC(CC(C4)C2)C3)C=C(c2ccccc2)C1c1ccccc1. The van der Waals surface area contributed by atoms with E-state index in [1.807, 2.05) is 11.1 Å². The van der Waals surface area contributed by atoms with Crippen LogP contribution in [0.15, 0.2) is 77.9 Å². The van der Waals surface area contributed by atoms with Crippen LogP contribution in [-0.4, -0.2) is 35.0 Å². The standard InChI is InChI=1S/C47H64P2/c1-3-5-17-48(18-6-4-2)33-44-42(25-43(40-13-9-7-10-14-40)45(44)41-15-11-8-12-16-41)32-49(46-26-34-19-35(27-46)21-36(20-34)28-46)47-29-37-22-38(30-47)24-39(23-37)31-47/h7-16,25,34-39,45H,3-6,17-24,26-33H2,1-2H3. The smallest absolute Gasteiger partial charge is 0.0314 e. The highest BCUT2D eigenvalue weighted by atomic mass is 31.1. The summed E-state index contributed by atoms with van der Waals surface area (Å²) in [7, 11) is -0.0427. The summed E-state index contributed by atoms with van der Waals surface area (Å²) in [6, 6.07) is 23.5. The van der Waals surface area contributed by atoms with Crippen molar-refractivity contribution in [1.82, 2.24) is 0 Å². The summed E-state index contributed by atoms with van der Waals surface area (Å²) in [5, 5.41) is 1.38. The van der Waals surface area contributed by atoms with Gasteiger partial charge in [-0.15, -0.1) is 7.92 Å². The zero-order valence-corrected chi connectivity index (χ0v) is 32.7. The molecule has 9 aliphatic rings. The average Bonchev–Trinajstić information content (AvgIpc) is 3.45. The minimum Gasteiger partial charge on any atom is -0.103 e. The van der Waals surface area contributed by atoms with Gasteiger partial charge in [-0.2, -0.15) is 0 Å². The van der Waals surface area contributed by atoms with E-state index < -0.39 is 0 Å². The molecule has 2 heteroatoms. The molecule has 2 aromatic carbocycles. The first-order valence-electron chi connectivity index (χ1n) is 21.1. The van der Waals surface area contributed by atoms with Gasteiger partial charge in [-0.3, -0.25) is 0 Å². The molecule has 0 amide bonds.